The Morgan fingerprint density at radius 3 is 2.16 bits per heavy atom. The predicted octanol–water partition coefficient (Wildman–Crippen LogP) is 2.87. The molecule has 1 N–H and O–H groups in total. The minimum atomic E-state index is -0.671. The van der Waals surface area contributed by atoms with Crippen molar-refractivity contribution in [2.75, 3.05) is 19.6 Å². The zero-order valence-electron chi connectivity index (χ0n) is 16.8. The van der Waals surface area contributed by atoms with Crippen molar-refractivity contribution in [2.45, 2.75) is 73.5 Å². The molecule has 2 saturated heterocycles. The molecule has 2 heterocycles. The maximum absolute atomic E-state index is 12.5. The van der Waals surface area contributed by atoms with Gasteiger partial charge in [0.1, 0.15) is 6.23 Å². The average Bonchev–Trinajstić information content (AvgIpc) is 2.67. The number of aliphatic hydroxyl groups is 1. The molecule has 5 nitrogen and oxygen atoms in total. The molecule has 0 bridgehead atoms. The summed E-state index contributed by atoms with van der Waals surface area (Å²) in [4.78, 5) is 28.2. The van der Waals surface area contributed by atoms with Crippen LogP contribution in [0.3, 0.4) is 0 Å². The molecule has 0 aromatic carbocycles. The molecular formula is C20H36N2O3. The van der Waals surface area contributed by atoms with Crippen molar-refractivity contribution in [1.82, 2.24) is 9.80 Å². The van der Waals surface area contributed by atoms with Crippen LogP contribution in [0.15, 0.2) is 0 Å². The van der Waals surface area contributed by atoms with Gasteiger partial charge >= 0.3 is 0 Å². The monoisotopic (exact) mass is 352 g/mol. The number of carbonyl (C=O) groups is 2. The Bertz CT molecular complexity index is 498. The average molecular weight is 353 g/mol. The summed E-state index contributed by atoms with van der Waals surface area (Å²) in [7, 11) is 0. The summed E-state index contributed by atoms with van der Waals surface area (Å²) in [5, 5.41) is 10.2. The van der Waals surface area contributed by atoms with Crippen molar-refractivity contribution in [3.63, 3.8) is 0 Å². The number of carbonyl (C=O) groups excluding carboxylic acids is 2. The molecule has 2 aliphatic rings. The van der Waals surface area contributed by atoms with Crippen LogP contribution in [-0.4, -0.2) is 52.6 Å². The quantitative estimate of drug-likeness (QED) is 0.774. The minimum Gasteiger partial charge on any atom is -0.373 e. The van der Waals surface area contributed by atoms with Gasteiger partial charge in [-0.25, -0.2) is 0 Å². The zero-order chi connectivity index (χ0) is 19.0. The number of aliphatic hydroxyl groups excluding tert-OH is 1. The topological polar surface area (TPSA) is 60.9 Å². The highest BCUT2D eigenvalue weighted by molar-refractivity contribution is 5.82. The Balaban J connectivity index is 1.68. The van der Waals surface area contributed by atoms with Crippen LogP contribution in [0.2, 0.25) is 0 Å². The lowest BCUT2D eigenvalue weighted by Crippen LogP contribution is -2.54. The van der Waals surface area contributed by atoms with Crippen LogP contribution in [-0.2, 0) is 9.59 Å². The second-order valence-corrected chi connectivity index (χ2v) is 9.99. The molecule has 5 heteroatoms. The van der Waals surface area contributed by atoms with E-state index in [0.717, 1.165) is 25.9 Å². The van der Waals surface area contributed by atoms with E-state index in [-0.39, 0.29) is 28.6 Å². The van der Waals surface area contributed by atoms with Gasteiger partial charge in [0.05, 0.1) is 0 Å². The van der Waals surface area contributed by atoms with E-state index < -0.39 is 6.23 Å². The summed E-state index contributed by atoms with van der Waals surface area (Å²) >= 11 is 0. The van der Waals surface area contributed by atoms with Gasteiger partial charge in [0.2, 0.25) is 11.8 Å². The fourth-order valence-electron chi connectivity index (χ4n) is 3.72. The van der Waals surface area contributed by atoms with Crippen molar-refractivity contribution in [2.24, 2.45) is 22.7 Å². The number of hydrogen-bond donors (Lipinski definition) is 1. The van der Waals surface area contributed by atoms with E-state index in [4.69, 9.17) is 0 Å². The van der Waals surface area contributed by atoms with E-state index in [0.29, 0.717) is 25.3 Å². The molecular weight excluding hydrogens is 316 g/mol. The third-order valence-electron chi connectivity index (χ3n) is 5.93. The van der Waals surface area contributed by atoms with E-state index in [9.17, 15) is 14.7 Å². The van der Waals surface area contributed by atoms with Gasteiger partial charge in [-0.3, -0.25) is 9.59 Å². The van der Waals surface area contributed by atoms with Gasteiger partial charge < -0.3 is 14.9 Å². The van der Waals surface area contributed by atoms with Crippen LogP contribution in [0.4, 0.5) is 0 Å². The summed E-state index contributed by atoms with van der Waals surface area (Å²) in [6.45, 7) is 15.1. The molecule has 0 spiro atoms. The van der Waals surface area contributed by atoms with Gasteiger partial charge in [0, 0.05) is 38.4 Å². The first-order chi connectivity index (χ1) is 11.4. The molecule has 0 aromatic rings. The SMILES string of the molecule is CC(C)(C)C1CN(C(=O)CCCCN2C(=O)C(C(C)(C)C)CC2O)C1. The second kappa shape index (κ2) is 7.26. The van der Waals surface area contributed by atoms with Crippen molar-refractivity contribution in [1.29, 1.82) is 0 Å². The van der Waals surface area contributed by atoms with Gasteiger partial charge in [-0.05, 0) is 29.6 Å². The molecule has 2 amide bonds. The maximum atomic E-state index is 12.5. The number of nitrogens with zero attached hydrogens (tertiary/aromatic N) is 2. The minimum absolute atomic E-state index is 0.0575. The molecule has 2 atom stereocenters. The van der Waals surface area contributed by atoms with Gasteiger partial charge in [0.25, 0.3) is 0 Å². The second-order valence-electron chi connectivity index (χ2n) is 9.99. The van der Waals surface area contributed by atoms with Crippen LogP contribution in [0.1, 0.15) is 67.2 Å². The number of rotatable bonds is 5. The highest BCUT2D eigenvalue weighted by Gasteiger charge is 2.44. The first-order valence-electron chi connectivity index (χ1n) is 9.67. The smallest absolute Gasteiger partial charge is 0.228 e. The molecule has 0 aromatic heterocycles. The molecule has 2 unspecified atom stereocenters. The molecule has 2 fully saturated rings. The summed E-state index contributed by atoms with van der Waals surface area (Å²) < 4.78 is 0. The Kier molecular flexibility index (Phi) is 5.87. The third-order valence-corrected chi connectivity index (χ3v) is 5.93. The lowest BCUT2D eigenvalue weighted by Gasteiger charge is -2.46. The van der Waals surface area contributed by atoms with Gasteiger partial charge in [-0.2, -0.15) is 0 Å². The largest absolute Gasteiger partial charge is 0.373 e. The Labute approximate surface area is 152 Å². The lowest BCUT2D eigenvalue weighted by atomic mass is 9.76. The van der Waals surface area contributed by atoms with Crippen molar-refractivity contribution in [3.05, 3.63) is 0 Å². The van der Waals surface area contributed by atoms with E-state index in [1.54, 1.807) is 4.90 Å². The van der Waals surface area contributed by atoms with E-state index in [2.05, 4.69) is 20.8 Å². The van der Waals surface area contributed by atoms with Gasteiger partial charge in [-0.15, -0.1) is 0 Å². The highest BCUT2D eigenvalue weighted by Crippen LogP contribution is 2.37. The van der Waals surface area contributed by atoms with Crippen LogP contribution in [0.5, 0.6) is 0 Å². The van der Waals surface area contributed by atoms with Crippen molar-refractivity contribution in [3.8, 4) is 0 Å². The fourth-order valence-corrected chi connectivity index (χ4v) is 3.72. The standard InChI is InChI=1S/C20H36N2O3/c1-19(2,3)14-12-21(13-14)16(23)9-7-8-10-22-17(24)11-15(18(22)25)20(4,5)6/h14-15,17,24H,7-13H2,1-6H3. The van der Waals surface area contributed by atoms with E-state index >= 15 is 0 Å². The van der Waals surface area contributed by atoms with Gasteiger partial charge in [0.15, 0.2) is 0 Å². The lowest BCUT2D eigenvalue weighted by molar-refractivity contribution is -0.140. The first kappa shape index (κ1) is 20.2. The number of hydrogen-bond acceptors (Lipinski definition) is 3. The van der Waals surface area contributed by atoms with E-state index in [1.165, 1.54) is 0 Å². The van der Waals surface area contributed by atoms with Crippen molar-refractivity contribution >= 4 is 11.8 Å². The summed E-state index contributed by atoms with van der Waals surface area (Å²) in [6, 6.07) is 0. The van der Waals surface area contributed by atoms with Crippen LogP contribution in [0.25, 0.3) is 0 Å². The maximum Gasteiger partial charge on any atom is 0.228 e. The normalized spacial score (nSPS) is 25.5. The first-order valence-corrected chi connectivity index (χ1v) is 9.67. The van der Waals surface area contributed by atoms with Crippen LogP contribution >= 0.6 is 0 Å². The van der Waals surface area contributed by atoms with Crippen LogP contribution in [0, 0.1) is 22.7 Å². The molecule has 0 aliphatic carbocycles. The highest BCUT2D eigenvalue weighted by atomic mass is 16.3. The summed E-state index contributed by atoms with van der Waals surface area (Å²) in [5.74, 6) is 0.770. The molecule has 25 heavy (non-hydrogen) atoms. The Morgan fingerprint density at radius 1 is 1.08 bits per heavy atom. The number of likely N-dealkylation sites (tertiary alicyclic amines) is 2. The Hall–Kier alpha value is -1.10. The van der Waals surface area contributed by atoms with Crippen molar-refractivity contribution < 1.29 is 14.7 Å². The number of unbranched alkanes of at least 4 members (excludes halogenated alkanes) is 1. The molecule has 2 rings (SSSR count). The van der Waals surface area contributed by atoms with Gasteiger partial charge in [-0.1, -0.05) is 41.5 Å². The van der Waals surface area contributed by atoms with E-state index in [1.807, 2.05) is 25.7 Å². The van der Waals surface area contributed by atoms with Crippen LogP contribution < -0.4 is 0 Å². The summed E-state index contributed by atoms with van der Waals surface area (Å²) in [5.41, 5.74) is 0.149. The predicted molar refractivity (Wildman–Crippen MR) is 98.7 cm³/mol. The molecule has 0 saturated carbocycles. The Morgan fingerprint density at radius 2 is 1.68 bits per heavy atom. The zero-order valence-corrected chi connectivity index (χ0v) is 16.8. The third kappa shape index (κ3) is 4.75. The molecule has 144 valence electrons. The fraction of sp³-hybridized carbons (Fsp3) is 0.900. The molecule has 0 radical (unpaired) electrons. The number of amides is 2. The summed E-state index contributed by atoms with van der Waals surface area (Å²) in [6.07, 6.45) is 1.92. The molecule has 2 aliphatic heterocycles.